The third-order valence-corrected chi connectivity index (χ3v) is 2.96. The molecule has 1 aromatic rings. The number of nitrogens with zero attached hydrogens (tertiary/aromatic N) is 2. The van der Waals surface area contributed by atoms with E-state index in [9.17, 15) is 0 Å². The predicted molar refractivity (Wildman–Crippen MR) is 95.5 cm³/mol. The van der Waals surface area contributed by atoms with E-state index in [4.69, 9.17) is 9.26 Å². The molecule has 0 aliphatic rings. The van der Waals surface area contributed by atoms with Crippen molar-refractivity contribution in [2.45, 2.75) is 40.2 Å². The normalized spacial score (nSPS) is 12.7. The van der Waals surface area contributed by atoms with Gasteiger partial charge in [0.05, 0.1) is 12.3 Å². The molecule has 0 bridgehead atoms. The minimum atomic E-state index is 0. The summed E-state index contributed by atoms with van der Waals surface area (Å²) < 4.78 is 10.3. The fourth-order valence-electron chi connectivity index (χ4n) is 1.98. The Hall–Kier alpha value is -0.830. The van der Waals surface area contributed by atoms with Gasteiger partial charge in [0, 0.05) is 31.8 Å². The van der Waals surface area contributed by atoms with E-state index < -0.39 is 0 Å². The van der Waals surface area contributed by atoms with Crippen LogP contribution in [0.15, 0.2) is 9.52 Å². The molecule has 0 radical (unpaired) electrons. The molecule has 1 rings (SSSR count). The van der Waals surface area contributed by atoms with Crippen molar-refractivity contribution < 1.29 is 9.26 Å². The highest BCUT2D eigenvalue weighted by atomic mass is 127. The Morgan fingerprint density at radius 2 is 2.14 bits per heavy atom. The smallest absolute Gasteiger partial charge is 0.191 e. The first-order chi connectivity index (χ1) is 9.58. The van der Waals surface area contributed by atoms with Crippen LogP contribution in [0.1, 0.15) is 30.9 Å². The van der Waals surface area contributed by atoms with Gasteiger partial charge in [-0.1, -0.05) is 5.16 Å². The zero-order chi connectivity index (χ0) is 15.0. The van der Waals surface area contributed by atoms with E-state index in [1.165, 1.54) is 0 Å². The van der Waals surface area contributed by atoms with Gasteiger partial charge < -0.3 is 19.9 Å². The lowest BCUT2D eigenvalue weighted by Gasteiger charge is -2.16. The van der Waals surface area contributed by atoms with Crippen LogP contribution in [-0.2, 0) is 11.2 Å². The van der Waals surface area contributed by atoms with Crippen molar-refractivity contribution in [2.24, 2.45) is 4.99 Å². The first kappa shape index (κ1) is 20.2. The summed E-state index contributed by atoms with van der Waals surface area (Å²) in [4.78, 5) is 4.56. The number of hydrogen-bond donors (Lipinski definition) is 2. The maximum absolute atomic E-state index is 5.15. The maximum atomic E-state index is 5.15. The molecule has 0 aliphatic heterocycles. The summed E-state index contributed by atoms with van der Waals surface area (Å²) in [5, 5.41) is 10.5. The summed E-state index contributed by atoms with van der Waals surface area (Å²) in [5.74, 6) is 1.69. The minimum Gasteiger partial charge on any atom is -0.383 e. The Kier molecular flexibility index (Phi) is 10.4. The first-order valence-corrected chi connectivity index (χ1v) is 7.04. The minimum absolute atomic E-state index is 0. The first-order valence-electron chi connectivity index (χ1n) is 7.04. The van der Waals surface area contributed by atoms with Gasteiger partial charge >= 0.3 is 0 Å². The van der Waals surface area contributed by atoms with Gasteiger partial charge in [-0.2, -0.15) is 0 Å². The van der Waals surface area contributed by atoms with Crippen molar-refractivity contribution >= 4 is 29.9 Å². The lowest BCUT2D eigenvalue weighted by atomic mass is 10.1. The maximum Gasteiger partial charge on any atom is 0.191 e. The van der Waals surface area contributed by atoms with Crippen molar-refractivity contribution in [2.75, 3.05) is 26.8 Å². The second kappa shape index (κ2) is 10.8. The van der Waals surface area contributed by atoms with Crippen LogP contribution in [0.5, 0.6) is 0 Å². The summed E-state index contributed by atoms with van der Waals surface area (Å²) in [6, 6.07) is 0.219. The molecule has 0 saturated heterocycles. The molecule has 6 nitrogen and oxygen atoms in total. The quantitative estimate of drug-likeness (QED) is 0.409. The van der Waals surface area contributed by atoms with Crippen molar-refractivity contribution in [1.82, 2.24) is 15.8 Å². The van der Waals surface area contributed by atoms with Gasteiger partial charge in [0.15, 0.2) is 5.96 Å². The average molecular weight is 410 g/mol. The van der Waals surface area contributed by atoms with Crippen LogP contribution >= 0.6 is 24.0 Å². The van der Waals surface area contributed by atoms with Crippen LogP contribution in [0, 0.1) is 13.8 Å². The molecule has 2 N–H and O–H groups in total. The molecule has 0 saturated carbocycles. The summed E-state index contributed by atoms with van der Waals surface area (Å²) >= 11 is 0. The lowest BCUT2D eigenvalue weighted by molar-refractivity contribution is 0.179. The monoisotopic (exact) mass is 410 g/mol. The highest BCUT2D eigenvalue weighted by Crippen LogP contribution is 2.12. The molecule has 0 aromatic carbocycles. The SMILES string of the molecule is CCNC(=NCCc1c(C)noc1C)NC(C)COC.I. The molecule has 1 unspecified atom stereocenters. The number of aryl methyl sites for hydroxylation is 2. The Labute approximate surface area is 144 Å². The Balaban J connectivity index is 0.00000400. The van der Waals surface area contributed by atoms with Crippen molar-refractivity contribution in [3.63, 3.8) is 0 Å². The highest BCUT2D eigenvalue weighted by Gasteiger charge is 2.08. The summed E-state index contributed by atoms with van der Waals surface area (Å²) in [7, 11) is 1.69. The predicted octanol–water partition coefficient (Wildman–Crippen LogP) is 2.04. The molecular formula is C14H27IN4O2. The third-order valence-electron chi connectivity index (χ3n) is 2.96. The van der Waals surface area contributed by atoms with Gasteiger partial charge in [-0.3, -0.25) is 4.99 Å². The number of methoxy groups -OCH3 is 1. The third kappa shape index (κ3) is 7.12. The average Bonchev–Trinajstić information content (AvgIpc) is 2.70. The van der Waals surface area contributed by atoms with Gasteiger partial charge in [0.1, 0.15) is 5.76 Å². The van der Waals surface area contributed by atoms with Gasteiger partial charge in [-0.25, -0.2) is 0 Å². The molecule has 122 valence electrons. The van der Waals surface area contributed by atoms with E-state index in [1.807, 2.05) is 20.8 Å². The van der Waals surface area contributed by atoms with Crippen molar-refractivity contribution in [3.05, 3.63) is 17.0 Å². The standard InChI is InChI=1S/C14H26N4O2.HI/c1-6-15-14(17-10(2)9-19-5)16-8-7-13-11(3)18-20-12(13)4;/h10H,6-9H2,1-5H3,(H2,15,16,17);1H. The highest BCUT2D eigenvalue weighted by molar-refractivity contribution is 14.0. The molecule has 21 heavy (non-hydrogen) atoms. The van der Waals surface area contributed by atoms with Gasteiger partial charge in [-0.05, 0) is 34.1 Å². The number of ether oxygens (including phenoxy) is 1. The largest absolute Gasteiger partial charge is 0.383 e. The molecule has 7 heteroatoms. The van der Waals surface area contributed by atoms with E-state index in [0.717, 1.165) is 35.9 Å². The number of guanidine groups is 1. The van der Waals surface area contributed by atoms with E-state index >= 15 is 0 Å². The number of nitrogens with one attached hydrogen (secondary N) is 2. The molecule has 1 heterocycles. The molecule has 0 amide bonds. The van der Waals surface area contributed by atoms with E-state index in [-0.39, 0.29) is 30.0 Å². The van der Waals surface area contributed by atoms with Gasteiger partial charge in [0.25, 0.3) is 0 Å². The molecule has 0 fully saturated rings. The summed E-state index contributed by atoms with van der Waals surface area (Å²) in [5.41, 5.74) is 2.10. The fraction of sp³-hybridized carbons (Fsp3) is 0.714. The zero-order valence-electron chi connectivity index (χ0n) is 13.5. The zero-order valence-corrected chi connectivity index (χ0v) is 15.9. The molecule has 1 atom stereocenters. The topological polar surface area (TPSA) is 71.7 Å². The van der Waals surface area contributed by atoms with Gasteiger partial charge in [0.2, 0.25) is 0 Å². The summed E-state index contributed by atoms with van der Waals surface area (Å²) in [6.07, 6.45) is 0.830. The molecule has 1 aromatic heterocycles. The second-order valence-corrected chi connectivity index (χ2v) is 4.81. The van der Waals surface area contributed by atoms with Crippen LogP contribution < -0.4 is 10.6 Å². The Bertz CT molecular complexity index is 415. The van der Waals surface area contributed by atoms with Crippen molar-refractivity contribution in [1.29, 1.82) is 0 Å². The van der Waals surface area contributed by atoms with E-state index in [1.54, 1.807) is 7.11 Å². The number of halogens is 1. The molecule has 0 spiro atoms. The summed E-state index contributed by atoms with van der Waals surface area (Å²) in [6.45, 7) is 10.2. The van der Waals surface area contributed by atoms with Crippen molar-refractivity contribution in [3.8, 4) is 0 Å². The fourth-order valence-corrected chi connectivity index (χ4v) is 1.98. The van der Waals surface area contributed by atoms with Crippen LogP contribution in [-0.4, -0.2) is 44.0 Å². The number of hydrogen-bond acceptors (Lipinski definition) is 4. The molecule has 0 aliphatic carbocycles. The Morgan fingerprint density at radius 1 is 1.43 bits per heavy atom. The van der Waals surface area contributed by atoms with Gasteiger partial charge in [-0.15, -0.1) is 24.0 Å². The number of rotatable bonds is 7. The number of aliphatic imine (C=N–C) groups is 1. The van der Waals surface area contributed by atoms with Crippen LogP contribution in [0.4, 0.5) is 0 Å². The molecular weight excluding hydrogens is 383 g/mol. The lowest BCUT2D eigenvalue weighted by Crippen LogP contribution is -2.44. The van der Waals surface area contributed by atoms with E-state index in [2.05, 4.69) is 27.7 Å². The van der Waals surface area contributed by atoms with Crippen LogP contribution in [0.3, 0.4) is 0 Å². The van der Waals surface area contributed by atoms with E-state index in [0.29, 0.717) is 13.2 Å². The Morgan fingerprint density at radius 3 is 2.67 bits per heavy atom. The second-order valence-electron chi connectivity index (χ2n) is 4.81. The van der Waals surface area contributed by atoms with Crippen LogP contribution in [0.2, 0.25) is 0 Å². The van der Waals surface area contributed by atoms with Crippen LogP contribution in [0.25, 0.3) is 0 Å². The number of aromatic nitrogens is 1.